The Labute approximate surface area is 254 Å². The van der Waals surface area contributed by atoms with Gasteiger partial charge < -0.3 is 18.7 Å². The van der Waals surface area contributed by atoms with E-state index in [-0.39, 0.29) is 5.82 Å². The molecule has 0 bridgehead atoms. The molecule has 2 aromatic heterocycles. The van der Waals surface area contributed by atoms with Crippen LogP contribution in [0.3, 0.4) is 0 Å². The SMILES string of the molecule is CCCN(Sc1cc(N2CCOCC2)cnc1OC)c1ccnc(-c2ccc(CN3CCN(C(C)C)CC3)cc2F)c1. The van der Waals surface area contributed by atoms with Gasteiger partial charge in [-0.1, -0.05) is 13.0 Å². The van der Waals surface area contributed by atoms with Gasteiger partial charge in [0.1, 0.15) is 5.82 Å². The lowest BCUT2D eigenvalue weighted by molar-refractivity contribution is 0.104. The molecule has 0 amide bonds. The predicted octanol–water partition coefficient (Wildman–Crippen LogP) is 5.58. The number of benzene rings is 1. The first-order valence-electron chi connectivity index (χ1n) is 15.0. The molecule has 0 radical (unpaired) electrons. The van der Waals surface area contributed by atoms with Gasteiger partial charge in [-0.05, 0) is 68.1 Å². The molecule has 42 heavy (non-hydrogen) atoms. The Balaban J connectivity index is 1.32. The standard InChI is InChI=1S/C32H43FN6O2S/c1-5-10-39(42-31-21-27(22-35-32(31)40-4)38-15-17-41-18-16-38)26-8-9-34-30(20-26)28-7-6-25(19-29(28)33)23-36-11-13-37(14-12-36)24(2)3/h6-9,19-22,24H,5,10-18,23H2,1-4H3. The van der Waals surface area contributed by atoms with Crippen LogP contribution in [0.2, 0.25) is 0 Å². The van der Waals surface area contributed by atoms with Gasteiger partial charge >= 0.3 is 0 Å². The Morgan fingerprint density at radius 3 is 2.50 bits per heavy atom. The predicted molar refractivity (Wildman–Crippen MR) is 169 cm³/mol. The van der Waals surface area contributed by atoms with E-state index < -0.39 is 0 Å². The summed E-state index contributed by atoms with van der Waals surface area (Å²) < 4.78 is 28.8. The van der Waals surface area contributed by atoms with Crippen LogP contribution in [-0.2, 0) is 11.3 Å². The number of piperazine rings is 1. The molecular weight excluding hydrogens is 551 g/mol. The van der Waals surface area contributed by atoms with Crippen LogP contribution in [-0.4, -0.2) is 91.9 Å². The van der Waals surface area contributed by atoms with E-state index in [0.29, 0.717) is 36.4 Å². The van der Waals surface area contributed by atoms with E-state index >= 15 is 4.39 Å². The van der Waals surface area contributed by atoms with Crippen LogP contribution in [0.5, 0.6) is 5.88 Å². The minimum atomic E-state index is -0.239. The topological polar surface area (TPSA) is 57.2 Å². The van der Waals surface area contributed by atoms with Crippen LogP contribution in [0, 0.1) is 5.82 Å². The number of methoxy groups -OCH3 is 1. The smallest absolute Gasteiger partial charge is 0.229 e. The Hall–Kier alpha value is -2.92. The van der Waals surface area contributed by atoms with E-state index in [1.54, 1.807) is 31.3 Å². The van der Waals surface area contributed by atoms with Crippen LogP contribution >= 0.6 is 11.9 Å². The number of ether oxygens (including phenoxy) is 2. The molecule has 2 fully saturated rings. The first-order valence-corrected chi connectivity index (χ1v) is 15.8. The summed E-state index contributed by atoms with van der Waals surface area (Å²) in [5.74, 6) is 0.344. The molecule has 3 aromatic rings. The van der Waals surface area contributed by atoms with Gasteiger partial charge in [-0.3, -0.25) is 14.8 Å². The van der Waals surface area contributed by atoms with Gasteiger partial charge in [-0.25, -0.2) is 9.37 Å². The molecule has 10 heteroatoms. The fourth-order valence-corrected chi connectivity index (χ4v) is 6.58. The summed E-state index contributed by atoms with van der Waals surface area (Å²) in [4.78, 5) is 17.3. The quantitative estimate of drug-likeness (QED) is 0.265. The summed E-state index contributed by atoms with van der Waals surface area (Å²) in [6.07, 6.45) is 4.56. The highest BCUT2D eigenvalue weighted by atomic mass is 32.2. The summed E-state index contributed by atoms with van der Waals surface area (Å²) in [5, 5.41) is 0. The van der Waals surface area contributed by atoms with Crippen molar-refractivity contribution in [1.82, 2.24) is 19.8 Å². The molecule has 0 N–H and O–H groups in total. The van der Waals surface area contributed by atoms with E-state index in [1.807, 2.05) is 30.5 Å². The second-order valence-corrected chi connectivity index (χ2v) is 12.2. The molecule has 4 heterocycles. The van der Waals surface area contributed by atoms with E-state index in [1.165, 1.54) is 0 Å². The second kappa shape index (κ2) is 14.5. The number of halogens is 1. The van der Waals surface area contributed by atoms with E-state index in [0.717, 1.165) is 80.6 Å². The zero-order chi connectivity index (χ0) is 29.5. The van der Waals surface area contributed by atoms with Gasteiger partial charge in [0, 0.05) is 70.2 Å². The summed E-state index contributed by atoms with van der Waals surface area (Å²) in [7, 11) is 1.65. The number of rotatable bonds is 11. The fraction of sp³-hybridized carbons (Fsp3) is 0.500. The molecule has 8 nitrogen and oxygen atoms in total. The third-order valence-electron chi connectivity index (χ3n) is 7.89. The first-order chi connectivity index (χ1) is 20.4. The number of anilines is 2. The normalized spacial score (nSPS) is 16.7. The van der Waals surface area contributed by atoms with Crippen molar-refractivity contribution in [2.75, 3.05) is 75.3 Å². The highest BCUT2D eigenvalue weighted by molar-refractivity contribution is 8.00. The lowest BCUT2D eigenvalue weighted by Crippen LogP contribution is -2.48. The summed E-state index contributed by atoms with van der Waals surface area (Å²) >= 11 is 1.58. The number of pyridine rings is 2. The zero-order valence-electron chi connectivity index (χ0n) is 25.3. The van der Waals surface area contributed by atoms with Gasteiger partial charge in [0.25, 0.3) is 0 Å². The maximum atomic E-state index is 15.5. The maximum Gasteiger partial charge on any atom is 0.229 e. The number of aromatic nitrogens is 2. The van der Waals surface area contributed by atoms with Gasteiger partial charge in [0.05, 0.1) is 48.5 Å². The highest BCUT2D eigenvalue weighted by Crippen LogP contribution is 2.37. The molecule has 2 aliphatic rings. The number of hydrogen-bond acceptors (Lipinski definition) is 9. The molecule has 5 rings (SSSR count). The van der Waals surface area contributed by atoms with Crippen molar-refractivity contribution >= 4 is 23.3 Å². The molecule has 0 atom stereocenters. The summed E-state index contributed by atoms with van der Waals surface area (Å²) in [6.45, 7) is 15.4. The average Bonchev–Trinajstić information content (AvgIpc) is 3.01. The van der Waals surface area contributed by atoms with Crippen LogP contribution in [0.4, 0.5) is 15.8 Å². The number of hydrogen-bond donors (Lipinski definition) is 0. The summed E-state index contributed by atoms with van der Waals surface area (Å²) in [5.41, 5.74) is 4.14. The third-order valence-corrected chi connectivity index (χ3v) is 9.00. The molecule has 0 aliphatic carbocycles. The molecule has 2 aliphatic heterocycles. The molecule has 0 unspecified atom stereocenters. The highest BCUT2D eigenvalue weighted by Gasteiger charge is 2.21. The van der Waals surface area contributed by atoms with E-state index in [2.05, 4.69) is 55.8 Å². The monoisotopic (exact) mass is 594 g/mol. The Morgan fingerprint density at radius 2 is 1.81 bits per heavy atom. The third kappa shape index (κ3) is 7.53. The Bertz CT molecular complexity index is 1310. The lowest BCUT2D eigenvalue weighted by Gasteiger charge is -2.36. The van der Waals surface area contributed by atoms with Crippen LogP contribution in [0.15, 0.2) is 53.7 Å². The summed E-state index contributed by atoms with van der Waals surface area (Å²) in [6, 6.07) is 12.2. The number of nitrogens with zero attached hydrogens (tertiary/aromatic N) is 6. The minimum absolute atomic E-state index is 0.239. The van der Waals surface area contributed by atoms with Crippen molar-refractivity contribution in [1.29, 1.82) is 0 Å². The van der Waals surface area contributed by atoms with E-state index in [9.17, 15) is 0 Å². The Kier molecular flexibility index (Phi) is 10.5. The lowest BCUT2D eigenvalue weighted by atomic mass is 10.1. The maximum absolute atomic E-state index is 15.5. The van der Waals surface area contributed by atoms with Crippen molar-refractivity contribution < 1.29 is 13.9 Å². The van der Waals surface area contributed by atoms with E-state index in [4.69, 9.17) is 9.47 Å². The first kappa shape index (κ1) is 30.5. The molecular formula is C32H43FN6O2S. The van der Waals surface area contributed by atoms with Crippen molar-refractivity contribution in [3.63, 3.8) is 0 Å². The number of morpholine rings is 1. The fourth-order valence-electron chi connectivity index (χ4n) is 5.47. The van der Waals surface area contributed by atoms with Crippen molar-refractivity contribution in [3.05, 3.63) is 60.2 Å². The van der Waals surface area contributed by atoms with Gasteiger partial charge in [0.2, 0.25) is 5.88 Å². The molecule has 0 spiro atoms. The molecule has 0 saturated carbocycles. The van der Waals surface area contributed by atoms with Gasteiger partial charge in [0.15, 0.2) is 0 Å². The van der Waals surface area contributed by atoms with Crippen LogP contribution in [0.25, 0.3) is 11.3 Å². The van der Waals surface area contributed by atoms with Gasteiger partial charge in [-0.15, -0.1) is 0 Å². The Morgan fingerprint density at radius 1 is 1.02 bits per heavy atom. The largest absolute Gasteiger partial charge is 0.480 e. The van der Waals surface area contributed by atoms with Crippen molar-refractivity contribution in [2.45, 2.75) is 44.7 Å². The van der Waals surface area contributed by atoms with Crippen LogP contribution < -0.4 is 13.9 Å². The minimum Gasteiger partial charge on any atom is -0.480 e. The second-order valence-electron chi connectivity index (χ2n) is 11.1. The van der Waals surface area contributed by atoms with Crippen molar-refractivity contribution in [3.8, 4) is 17.1 Å². The molecule has 2 saturated heterocycles. The van der Waals surface area contributed by atoms with Gasteiger partial charge in [-0.2, -0.15) is 0 Å². The molecule has 1 aromatic carbocycles. The average molecular weight is 595 g/mol. The van der Waals surface area contributed by atoms with Crippen molar-refractivity contribution in [2.24, 2.45) is 0 Å². The van der Waals surface area contributed by atoms with Crippen LogP contribution in [0.1, 0.15) is 32.8 Å². The molecule has 226 valence electrons. The zero-order valence-corrected chi connectivity index (χ0v) is 26.1.